The molecular weight excluding hydrogens is 341 g/mol. The van der Waals surface area contributed by atoms with Crippen molar-refractivity contribution < 1.29 is 17.8 Å². The maximum Gasteiger partial charge on any atom is 0.181 e. The number of Topliss-reactive ketones (excluding diaryl/α,β-unsaturated/α-hetero) is 1. The third-order valence-corrected chi connectivity index (χ3v) is 4.92. The van der Waals surface area contributed by atoms with Crippen molar-refractivity contribution in [1.29, 1.82) is 0 Å². The van der Waals surface area contributed by atoms with Crippen LogP contribution in [0.25, 0.3) is 0 Å². The summed E-state index contributed by atoms with van der Waals surface area (Å²) in [6, 6.07) is 7.56. The number of halogens is 4. The predicted molar refractivity (Wildman–Crippen MR) is 78.4 cm³/mol. The fourth-order valence-electron chi connectivity index (χ4n) is 1.73. The summed E-state index contributed by atoms with van der Waals surface area (Å²) in [6.07, 6.45) is 0. The molecule has 0 radical (unpaired) electrons. The van der Waals surface area contributed by atoms with E-state index >= 15 is 0 Å². The summed E-state index contributed by atoms with van der Waals surface area (Å²) in [4.78, 5) is 12.0. The average molecular weight is 349 g/mol. The number of hydrogen-bond acceptors (Lipinski definition) is 2. The van der Waals surface area contributed by atoms with Gasteiger partial charge in [-0.2, -0.15) is 0 Å². The number of ketones is 1. The van der Waals surface area contributed by atoms with Crippen molar-refractivity contribution in [2.45, 2.75) is 4.90 Å². The second-order valence-corrected chi connectivity index (χ2v) is 6.26. The molecule has 0 saturated heterocycles. The minimum atomic E-state index is -1.90. The van der Waals surface area contributed by atoms with E-state index in [9.17, 15) is 17.8 Å². The Morgan fingerprint density at radius 3 is 2.00 bits per heavy atom. The van der Waals surface area contributed by atoms with Gasteiger partial charge in [-0.25, -0.2) is 8.78 Å². The third kappa shape index (κ3) is 3.48. The Hall–Kier alpha value is -1.30. The van der Waals surface area contributed by atoms with Gasteiger partial charge in [0.15, 0.2) is 5.78 Å². The fourth-order valence-corrected chi connectivity index (χ4v) is 3.74. The van der Waals surface area contributed by atoms with E-state index in [1.807, 2.05) is 0 Å². The molecule has 0 saturated carbocycles. The summed E-state index contributed by atoms with van der Waals surface area (Å²) >= 11 is 11.8. The Balaban J connectivity index is 2.30. The van der Waals surface area contributed by atoms with Gasteiger partial charge in [0, 0.05) is 0 Å². The van der Waals surface area contributed by atoms with Crippen LogP contribution < -0.4 is 0 Å². The van der Waals surface area contributed by atoms with Gasteiger partial charge < -0.3 is 0 Å². The van der Waals surface area contributed by atoms with Crippen molar-refractivity contribution in [2.24, 2.45) is 0 Å². The maximum absolute atomic E-state index is 13.5. The van der Waals surface area contributed by atoms with Crippen molar-refractivity contribution in [3.63, 3.8) is 0 Å². The highest BCUT2D eigenvalue weighted by Crippen LogP contribution is 2.28. The van der Waals surface area contributed by atoms with E-state index < -0.39 is 39.5 Å². The van der Waals surface area contributed by atoms with E-state index in [1.165, 1.54) is 12.1 Å². The van der Waals surface area contributed by atoms with Crippen molar-refractivity contribution in [1.82, 2.24) is 0 Å². The average Bonchev–Trinajstić information content (AvgIpc) is 2.38. The first kappa shape index (κ1) is 16.1. The second-order valence-electron chi connectivity index (χ2n) is 4.06. The molecule has 110 valence electrons. The highest BCUT2D eigenvalue weighted by atomic mass is 35.5. The number of carbonyl (C=O) groups excluding carboxylic acids is 1. The molecule has 0 aliphatic rings. The highest BCUT2D eigenvalue weighted by molar-refractivity contribution is 7.86. The van der Waals surface area contributed by atoms with E-state index in [1.54, 1.807) is 6.07 Å². The van der Waals surface area contributed by atoms with Crippen LogP contribution in [0.3, 0.4) is 0 Å². The van der Waals surface area contributed by atoms with Gasteiger partial charge in [-0.15, -0.1) is 0 Å². The van der Waals surface area contributed by atoms with Gasteiger partial charge >= 0.3 is 0 Å². The van der Waals surface area contributed by atoms with E-state index in [2.05, 4.69) is 0 Å². The molecule has 0 aliphatic heterocycles. The van der Waals surface area contributed by atoms with Crippen molar-refractivity contribution >= 4 is 39.8 Å². The lowest BCUT2D eigenvalue weighted by Gasteiger charge is -2.07. The summed E-state index contributed by atoms with van der Waals surface area (Å²) in [7, 11) is -1.90. The van der Waals surface area contributed by atoms with Crippen molar-refractivity contribution in [3.8, 4) is 0 Å². The Kier molecular flexibility index (Phi) is 5.08. The zero-order chi connectivity index (χ0) is 15.6. The molecule has 1 atom stereocenters. The summed E-state index contributed by atoms with van der Waals surface area (Å²) < 4.78 is 39.2. The number of hydrogen-bond donors (Lipinski definition) is 0. The predicted octanol–water partition coefficient (Wildman–Crippen LogP) is 4.26. The Labute approximate surface area is 132 Å². The third-order valence-electron chi connectivity index (χ3n) is 2.65. The van der Waals surface area contributed by atoms with Gasteiger partial charge in [-0.05, 0) is 24.3 Å². The molecule has 0 N–H and O–H groups in total. The van der Waals surface area contributed by atoms with Crippen LogP contribution in [0.4, 0.5) is 8.78 Å². The van der Waals surface area contributed by atoms with E-state index in [0.717, 1.165) is 18.2 Å². The molecule has 0 fully saturated rings. The molecule has 7 heteroatoms. The molecular formula is C14H8Cl2F2O2S. The number of benzene rings is 2. The van der Waals surface area contributed by atoms with Gasteiger partial charge in [0.1, 0.15) is 11.6 Å². The molecule has 2 aromatic carbocycles. The topological polar surface area (TPSA) is 34.1 Å². The molecule has 2 aromatic rings. The Morgan fingerprint density at radius 2 is 1.48 bits per heavy atom. The Morgan fingerprint density at radius 1 is 1.00 bits per heavy atom. The molecule has 1 unspecified atom stereocenters. The zero-order valence-electron chi connectivity index (χ0n) is 10.4. The quantitative estimate of drug-likeness (QED) is 0.773. The van der Waals surface area contributed by atoms with Gasteiger partial charge in [-0.3, -0.25) is 9.00 Å². The van der Waals surface area contributed by atoms with E-state index in [-0.39, 0.29) is 14.9 Å². The molecule has 0 aliphatic carbocycles. The summed E-state index contributed by atoms with van der Waals surface area (Å²) in [5.74, 6) is -3.52. The smallest absolute Gasteiger partial charge is 0.181 e. The lowest BCUT2D eigenvalue weighted by atomic mass is 10.1. The van der Waals surface area contributed by atoms with E-state index in [4.69, 9.17) is 23.2 Å². The first-order chi connectivity index (χ1) is 9.91. The summed E-state index contributed by atoms with van der Waals surface area (Å²) in [5, 5.41) is 0.255. The fraction of sp³-hybridized carbons (Fsp3) is 0.0714. The molecule has 0 bridgehead atoms. The number of carbonyl (C=O) groups is 1. The molecule has 21 heavy (non-hydrogen) atoms. The lowest BCUT2D eigenvalue weighted by molar-refractivity contribution is 0.101. The Bertz CT molecular complexity index is 633. The van der Waals surface area contributed by atoms with Crippen LogP contribution in [0.15, 0.2) is 41.3 Å². The van der Waals surface area contributed by atoms with Crippen LogP contribution in [0.1, 0.15) is 10.4 Å². The van der Waals surface area contributed by atoms with Gasteiger partial charge in [0.2, 0.25) is 0 Å². The molecule has 2 nitrogen and oxygen atoms in total. The van der Waals surface area contributed by atoms with Crippen LogP contribution >= 0.6 is 23.2 Å². The molecule has 0 amide bonds. The zero-order valence-corrected chi connectivity index (χ0v) is 12.7. The molecule has 2 rings (SSSR count). The SMILES string of the molecule is O=C(CS(=O)c1c(Cl)cccc1Cl)c1c(F)cccc1F. The standard InChI is InChI=1S/C14H8Cl2F2O2S/c15-8-3-1-4-9(16)14(8)21(20)7-12(19)13-10(17)5-2-6-11(13)18/h1-6H,7H2. The highest BCUT2D eigenvalue weighted by Gasteiger charge is 2.22. The first-order valence-electron chi connectivity index (χ1n) is 5.71. The minimum Gasteiger partial charge on any atom is -0.293 e. The van der Waals surface area contributed by atoms with Gasteiger partial charge in [0.25, 0.3) is 0 Å². The van der Waals surface area contributed by atoms with Crippen LogP contribution in [0, 0.1) is 11.6 Å². The second kappa shape index (κ2) is 6.64. The number of rotatable bonds is 4. The van der Waals surface area contributed by atoms with Crippen molar-refractivity contribution in [3.05, 3.63) is 63.6 Å². The normalized spacial score (nSPS) is 12.2. The minimum absolute atomic E-state index is 0.0749. The monoisotopic (exact) mass is 348 g/mol. The van der Waals surface area contributed by atoms with Crippen LogP contribution in [0.2, 0.25) is 10.0 Å². The van der Waals surface area contributed by atoms with Crippen LogP contribution in [-0.2, 0) is 10.8 Å². The molecule has 0 aromatic heterocycles. The van der Waals surface area contributed by atoms with Gasteiger partial charge in [0.05, 0.1) is 37.1 Å². The first-order valence-corrected chi connectivity index (χ1v) is 7.79. The molecule has 0 spiro atoms. The van der Waals surface area contributed by atoms with E-state index in [0.29, 0.717) is 0 Å². The largest absolute Gasteiger partial charge is 0.293 e. The van der Waals surface area contributed by atoms with Crippen molar-refractivity contribution in [2.75, 3.05) is 5.75 Å². The van der Waals surface area contributed by atoms with Crippen LogP contribution in [0.5, 0.6) is 0 Å². The van der Waals surface area contributed by atoms with Crippen LogP contribution in [-0.4, -0.2) is 15.7 Å². The summed E-state index contributed by atoms with van der Waals surface area (Å²) in [6.45, 7) is 0. The lowest BCUT2D eigenvalue weighted by Crippen LogP contribution is -2.15. The van der Waals surface area contributed by atoms with Gasteiger partial charge in [-0.1, -0.05) is 35.3 Å². The summed E-state index contributed by atoms with van der Waals surface area (Å²) in [5.41, 5.74) is -0.714. The molecule has 0 heterocycles. The maximum atomic E-state index is 13.5.